The Morgan fingerprint density at radius 1 is 0.806 bits per heavy atom. The van der Waals surface area contributed by atoms with Gasteiger partial charge in [0.1, 0.15) is 0 Å². The number of anilines is 1. The standard InChI is InChI=1S/C23H39NOS.CH3NOS.Zn/c1-3-5-7-9-11-13-16-20-17-15-19-22(24-23(25)26)21(20)18-14-12-10-8-6-4-2;2-1(3)4;/h15,17,19H,3-14,16,18H2,1-2H3,(H2,24,25,26);(H3,2,3,4);/q;;+2/p-2. The fourth-order valence-corrected chi connectivity index (χ4v) is 3.68. The van der Waals surface area contributed by atoms with Crippen LogP contribution in [0.4, 0.5) is 5.69 Å². The minimum absolute atomic E-state index is 0. The van der Waals surface area contributed by atoms with Crippen LogP contribution in [0.1, 0.15) is 102 Å². The number of rotatable bonds is 15. The molecular weight excluding hydrogens is 478 g/mol. The maximum Gasteiger partial charge on any atom is 2.00 e. The second kappa shape index (κ2) is 22.4. The Kier molecular flexibility index (Phi) is 23.4. The van der Waals surface area contributed by atoms with Crippen LogP contribution >= 0.6 is 24.4 Å². The molecule has 0 fully saturated rings. The van der Waals surface area contributed by atoms with Crippen LogP contribution < -0.4 is 21.3 Å². The molecule has 0 spiro atoms. The molecule has 172 valence electrons. The zero-order valence-electron chi connectivity index (χ0n) is 19.5. The van der Waals surface area contributed by atoms with Gasteiger partial charge < -0.3 is 21.3 Å². The van der Waals surface area contributed by atoms with Gasteiger partial charge in [0.25, 0.3) is 0 Å². The van der Waals surface area contributed by atoms with Gasteiger partial charge in [0.2, 0.25) is 0 Å². The summed E-state index contributed by atoms with van der Waals surface area (Å²) in [5.74, 6) is 0. The minimum Gasteiger partial charge on any atom is -0.852 e. The number of nitrogens with two attached hydrogens (primary N) is 1. The first-order valence-corrected chi connectivity index (χ1v) is 12.3. The van der Waals surface area contributed by atoms with Gasteiger partial charge in [-0.25, -0.2) is 0 Å². The average molecular weight is 518 g/mol. The van der Waals surface area contributed by atoms with E-state index in [0.717, 1.165) is 18.5 Å². The number of hydrogen-bond acceptors (Lipinski definition) is 4. The Morgan fingerprint density at radius 2 is 1.26 bits per heavy atom. The fourth-order valence-electron chi connectivity index (χ4n) is 3.57. The van der Waals surface area contributed by atoms with E-state index in [1.807, 2.05) is 6.07 Å². The first-order chi connectivity index (χ1) is 14.4. The Hall–Kier alpha value is -0.777. The zero-order chi connectivity index (χ0) is 22.6. The van der Waals surface area contributed by atoms with Crippen molar-refractivity contribution in [1.82, 2.24) is 0 Å². The van der Waals surface area contributed by atoms with Crippen molar-refractivity contribution in [3.05, 3.63) is 29.3 Å². The molecule has 0 aliphatic rings. The third-order valence-corrected chi connectivity index (χ3v) is 5.19. The van der Waals surface area contributed by atoms with E-state index in [-0.39, 0.29) is 24.7 Å². The molecule has 1 aromatic rings. The molecule has 7 heteroatoms. The average Bonchev–Trinajstić information content (AvgIpc) is 2.68. The molecule has 1 rings (SSSR count). The van der Waals surface area contributed by atoms with Gasteiger partial charge in [-0.1, -0.05) is 115 Å². The molecule has 31 heavy (non-hydrogen) atoms. The molecule has 0 radical (unpaired) electrons. The number of benzene rings is 1. The van der Waals surface area contributed by atoms with E-state index in [0.29, 0.717) is 0 Å². The molecule has 0 unspecified atom stereocenters. The molecule has 1 aromatic carbocycles. The summed E-state index contributed by atoms with van der Waals surface area (Å²) in [5.41, 5.74) is 7.93. The molecule has 4 nitrogen and oxygen atoms in total. The number of thiocarbonyl (C=S) groups is 2. The van der Waals surface area contributed by atoms with Crippen LogP contribution in [0.3, 0.4) is 0 Å². The number of hydrogen-bond donors (Lipinski definition) is 2. The van der Waals surface area contributed by atoms with Crippen molar-refractivity contribution in [3.8, 4) is 0 Å². The maximum atomic E-state index is 11.4. The van der Waals surface area contributed by atoms with Crippen molar-refractivity contribution < 1.29 is 29.7 Å². The number of unbranched alkanes of at least 4 members (excludes halogenated alkanes) is 10. The van der Waals surface area contributed by atoms with Crippen LogP contribution in [0.5, 0.6) is 0 Å². The minimum atomic E-state index is -0.750. The summed E-state index contributed by atoms with van der Waals surface area (Å²) in [7, 11) is 0. The largest absolute Gasteiger partial charge is 2.00 e. The van der Waals surface area contributed by atoms with Gasteiger partial charge in [0.05, 0.1) is 0 Å². The topological polar surface area (TPSA) is 84.2 Å². The molecule has 0 aliphatic heterocycles. The maximum absolute atomic E-state index is 11.4. The predicted molar refractivity (Wildman–Crippen MR) is 134 cm³/mol. The van der Waals surface area contributed by atoms with Gasteiger partial charge in [0, 0.05) is 16.0 Å². The van der Waals surface area contributed by atoms with Crippen molar-refractivity contribution in [1.29, 1.82) is 0 Å². The molecule has 0 atom stereocenters. The number of nitrogens with one attached hydrogen (secondary N) is 1. The van der Waals surface area contributed by atoms with Crippen LogP contribution in [-0.4, -0.2) is 10.3 Å². The second-order valence-corrected chi connectivity index (χ2v) is 8.48. The predicted octanol–water partition coefficient (Wildman–Crippen LogP) is 5.14. The van der Waals surface area contributed by atoms with Crippen molar-refractivity contribution in [2.75, 3.05) is 5.32 Å². The smallest absolute Gasteiger partial charge is 0.852 e. The first kappa shape index (κ1) is 32.4. The normalized spacial score (nSPS) is 9.87. The summed E-state index contributed by atoms with van der Waals surface area (Å²) in [6.45, 7) is 4.51. The monoisotopic (exact) mass is 516 g/mol. The quantitative estimate of drug-likeness (QED) is 0.190. The van der Waals surface area contributed by atoms with E-state index in [9.17, 15) is 5.11 Å². The van der Waals surface area contributed by atoms with E-state index >= 15 is 0 Å². The fraction of sp³-hybridized carbons (Fsp3) is 0.667. The van der Waals surface area contributed by atoms with Gasteiger partial charge in [-0.2, -0.15) is 0 Å². The summed E-state index contributed by atoms with van der Waals surface area (Å²) < 4.78 is 0. The Bertz CT molecular complexity index is 597. The van der Waals surface area contributed by atoms with Crippen LogP contribution in [0.15, 0.2) is 18.2 Å². The van der Waals surface area contributed by atoms with Gasteiger partial charge in [0.15, 0.2) is 0 Å². The van der Waals surface area contributed by atoms with Gasteiger partial charge >= 0.3 is 19.5 Å². The van der Waals surface area contributed by atoms with Crippen LogP contribution in [0.25, 0.3) is 0 Å². The Labute approximate surface area is 213 Å². The van der Waals surface area contributed by atoms with E-state index in [1.165, 1.54) is 88.2 Å². The van der Waals surface area contributed by atoms with Gasteiger partial charge in [-0.3, -0.25) is 0 Å². The zero-order valence-corrected chi connectivity index (χ0v) is 24.1. The van der Waals surface area contributed by atoms with E-state index in [4.69, 9.17) is 17.3 Å². The summed E-state index contributed by atoms with van der Waals surface area (Å²) in [6, 6.07) is 6.29. The molecule has 0 saturated heterocycles. The van der Waals surface area contributed by atoms with Crippen molar-refractivity contribution in [2.45, 2.75) is 104 Å². The Balaban J connectivity index is 0. The third-order valence-electron chi connectivity index (χ3n) is 5.09. The van der Waals surface area contributed by atoms with Crippen molar-refractivity contribution in [2.24, 2.45) is 5.73 Å². The molecule has 0 aliphatic carbocycles. The van der Waals surface area contributed by atoms with E-state index in [1.54, 1.807) is 0 Å². The van der Waals surface area contributed by atoms with Crippen LogP contribution in [0.2, 0.25) is 0 Å². The van der Waals surface area contributed by atoms with E-state index < -0.39 is 5.17 Å². The van der Waals surface area contributed by atoms with Crippen LogP contribution in [0, 0.1) is 0 Å². The molecule has 0 amide bonds. The van der Waals surface area contributed by atoms with E-state index in [2.05, 4.69) is 49.2 Å². The van der Waals surface area contributed by atoms with Crippen molar-refractivity contribution >= 4 is 40.5 Å². The van der Waals surface area contributed by atoms with Crippen molar-refractivity contribution in [3.63, 3.8) is 0 Å². The SMILES string of the molecule is CCCCCCCCc1cccc(NC([O-])=S)c1CCCCCCCC.NC([O-])=S.[Zn+2]. The molecule has 0 saturated carbocycles. The molecule has 3 N–H and O–H groups in total. The molecule has 0 aromatic heterocycles. The molecular formula is C24H40N2O2S2Zn. The third kappa shape index (κ3) is 19.6. The summed E-state index contributed by atoms with van der Waals surface area (Å²) in [6.07, 6.45) is 17.8. The molecule has 0 heterocycles. The summed E-state index contributed by atoms with van der Waals surface area (Å²) in [5, 5.41) is 22.2. The molecule has 0 bridgehead atoms. The van der Waals surface area contributed by atoms with Gasteiger partial charge in [-0.15, -0.1) is 0 Å². The Morgan fingerprint density at radius 3 is 1.74 bits per heavy atom. The summed E-state index contributed by atoms with van der Waals surface area (Å²) in [4.78, 5) is 0. The second-order valence-electron chi connectivity index (χ2n) is 7.71. The first-order valence-electron chi connectivity index (χ1n) is 11.5. The number of aryl methyl sites for hydroxylation is 1. The van der Waals surface area contributed by atoms with Gasteiger partial charge in [-0.05, 0) is 42.9 Å². The summed E-state index contributed by atoms with van der Waals surface area (Å²) >= 11 is 8.50. The van der Waals surface area contributed by atoms with Crippen LogP contribution in [-0.2, 0) is 32.3 Å².